The first-order valence-electron chi connectivity index (χ1n) is 6.35. The van der Waals surface area contributed by atoms with E-state index in [4.69, 9.17) is 0 Å². The van der Waals surface area contributed by atoms with Crippen molar-refractivity contribution in [1.82, 2.24) is 0 Å². The fourth-order valence-electron chi connectivity index (χ4n) is 1.92. The van der Waals surface area contributed by atoms with Crippen molar-refractivity contribution < 1.29 is 43.1 Å². The highest BCUT2D eigenvalue weighted by molar-refractivity contribution is 9.09. The molecule has 0 aliphatic heterocycles. The van der Waals surface area contributed by atoms with Crippen molar-refractivity contribution in [3.63, 3.8) is 0 Å². The second-order valence-corrected chi connectivity index (χ2v) is 5.76. The largest absolute Gasteiger partial charge is 1.00 e. The van der Waals surface area contributed by atoms with Gasteiger partial charge < -0.3 is 34.0 Å². The lowest BCUT2D eigenvalue weighted by molar-refractivity contribution is -0.696. The zero-order chi connectivity index (χ0) is 13.0. The van der Waals surface area contributed by atoms with Gasteiger partial charge in [-0.25, -0.2) is 4.57 Å². The molecule has 2 heterocycles. The first-order valence-corrected chi connectivity index (χ1v) is 7.26. The molecule has 0 aliphatic rings. The number of hydrogen-bond acceptors (Lipinski definition) is 0. The van der Waals surface area contributed by atoms with Crippen LogP contribution >= 0.6 is 15.9 Å². The highest BCUT2D eigenvalue weighted by atomic mass is 79.9. The molecule has 0 bridgehead atoms. The third-order valence-electron chi connectivity index (χ3n) is 2.97. The van der Waals surface area contributed by atoms with Crippen molar-refractivity contribution in [2.75, 3.05) is 0 Å². The summed E-state index contributed by atoms with van der Waals surface area (Å²) in [6.07, 6.45) is 9.65. The fourth-order valence-corrected chi connectivity index (χ4v) is 2.20. The minimum atomic E-state index is 0. The zero-order valence-corrected chi connectivity index (χ0v) is 16.4. The van der Waals surface area contributed by atoms with Crippen LogP contribution in [0.3, 0.4) is 0 Å². The smallest absolute Gasteiger partial charge is 0.209 e. The van der Waals surface area contributed by atoms with Crippen molar-refractivity contribution in [3.05, 3.63) is 49.1 Å². The molecule has 0 N–H and O–H groups in total. The van der Waals surface area contributed by atoms with Crippen LogP contribution < -0.4 is 43.1 Å². The number of halogens is 3. The van der Waals surface area contributed by atoms with Gasteiger partial charge in [0.1, 0.15) is 6.54 Å². The Morgan fingerprint density at radius 1 is 0.950 bits per heavy atom. The topological polar surface area (TPSA) is 7.76 Å². The van der Waals surface area contributed by atoms with Crippen LogP contribution in [-0.2, 0) is 6.54 Å². The van der Waals surface area contributed by atoms with Crippen LogP contribution in [0.5, 0.6) is 0 Å². The number of pyridine rings is 2. The number of aromatic nitrogens is 2. The molecule has 1 atom stereocenters. The van der Waals surface area contributed by atoms with Gasteiger partial charge in [-0.3, -0.25) is 0 Å². The first-order chi connectivity index (χ1) is 8.70. The zero-order valence-electron chi connectivity index (χ0n) is 11.6. The van der Waals surface area contributed by atoms with E-state index in [-0.39, 0.29) is 34.0 Å². The van der Waals surface area contributed by atoms with E-state index in [2.05, 4.69) is 88.0 Å². The first kappa shape index (κ1) is 19.7. The van der Waals surface area contributed by atoms with Crippen molar-refractivity contribution in [2.24, 2.45) is 0 Å². The summed E-state index contributed by atoms with van der Waals surface area (Å²) in [6.45, 7) is 5.38. The molecule has 5 heteroatoms. The molecule has 0 saturated carbocycles. The summed E-state index contributed by atoms with van der Waals surface area (Å²) in [6, 6.07) is 8.65. The lowest BCUT2D eigenvalue weighted by Gasteiger charge is -2.02. The van der Waals surface area contributed by atoms with Crippen LogP contribution in [0.2, 0.25) is 0 Å². The van der Waals surface area contributed by atoms with Gasteiger partial charge in [0.05, 0.1) is 0 Å². The van der Waals surface area contributed by atoms with Gasteiger partial charge in [-0.2, -0.15) is 4.57 Å². The molecule has 2 aromatic heterocycles. The minimum absolute atomic E-state index is 0. The Morgan fingerprint density at radius 3 is 1.80 bits per heavy atom. The standard InChI is InChI=1S/C15H19BrN2.2BrH/c1-3-8-17-9-4-14(5-10-17)15-6-11-18(12-7-15)13(2)16;;/h4-7,9-13H,3,8H2,1-2H3;2*1H/q+2;;/p-2. The van der Waals surface area contributed by atoms with Crippen molar-refractivity contribution in [1.29, 1.82) is 0 Å². The maximum absolute atomic E-state index is 3.55. The molecule has 2 rings (SSSR count). The van der Waals surface area contributed by atoms with E-state index in [0.717, 1.165) is 6.54 Å². The number of hydrogen-bond donors (Lipinski definition) is 0. The molecule has 0 saturated heterocycles. The molecule has 0 aromatic carbocycles. The molecule has 0 fully saturated rings. The summed E-state index contributed by atoms with van der Waals surface area (Å²) in [7, 11) is 0. The molecule has 0 spiro atoms. The van der Waals surface area contributed by atoms with Gasteiger partial charge >= 0.3 is 0 Å². The second kappa shape index (κ2) is 9.64. The predicted octanol–water partition coefficient (Wildman–Crippen LogP) is -2.74. The summed E-state index contributed by atoms with van der Waals surface area (Å²) in [5, 5.41) is 0. The molecular formula is C15H19Br3N2. The Balaban J connectivity index is 0.00000180. The molecule has 0 radical (unpaired) electrons. The van der Waals surface area contributed by atoms with Crippen molar-refractivity contribution in [3.8, 4) is 11.1 Å². The summed E-state index contributed by atoms with van der Waals surface area (Å²) >= 11 is 3.55. The Kier molecular flexibility index (Phi) is 9.51. The van der Waals surface area contributed by atoms with E-state index in [1.54, 1.807) is 0 Å². The lowest BCUT2D eigenvalue weighted by atomic mass is 10.1. The molecule has 0 aliphatic carbocycles. The predicted molar refractivity (Wildman–Crippen MR) is 76.2 cm³/mol. The second-order valence-electron chi connectivity index (χ2n) is 4.43. The van der Waals surface area contributed by atoms with E-state index in [9.17, 15) is 0 Å². The van der Waals surface area contributed by atoms with Gasteiger partial charge in [0.25, 0.3) is 0 Å². The van der Waals surface area contributed by atoms with Crippen LogP contribution in [0, 0.1) is 0 Å². The van der Waals surface area contributed by atoms with E-state index < -0.39 is 0 Å². The van der Waals surface area contributed by atoms with Gasteiger partial charge in [-0.05, 0) is 27.1 Å². The lowest BCUT2D eigenvalue weighted by Crippen LogP contribution is -3.00. The quantitative estimate of drug-likeness (QED) is 0.341. The van der Waals surface area contributed by atoms with Gasteiger partial charge in [-0.15, -0.1) is 0 Å². The van der Waals surface area contributed by atoms with Gasteiger partial charge in [0, 0.05) is 37.6 Å². The van der Waals surface area contributed by atoms with Crippen molar-refractivity contribution >= 4 is 15.9 Å². The van der Waals surface area contributed by atoms with E-state index in [1.165, 1.54) is 17.5 Å². The molecule has 110 valence electrons. The van der Waals surface area contributed by atoms with E-state index in [1.807, 2.05) is 0 Å². The van der Waals surface area contributed by atoms with Crippen LogP contribution in [0.15, 0.2) is 49.1 Å². The third kappa shape index (κ3) is 5.26. The maximum atomic E-state index is 3.55. The molecule has 1 unspecified atom stereocenters. The molecular weight excluding hydrogens is 448 g/mol. The SMILES string of the molecule is CCC[n+]1ccc(-c2cc[n+](C(C)Br)cc2)cc1.[Br-].[Br-]. The van der Waals surface area contributed by atoms with Gasteiger partial charge in [0.2, 0.25) is 4.95 Å². The molecule has 20 heavy (non-hydrogen) atoms. The van der Waals surface area contributed by atoms with Crippen LogP contribution in [-0.4, -0.2) is 0 Å². The Morgan fingerprint density at radius 2 is 1.40 bits per heavy atom. The number of nitrogens with zero attached hydrogens (tertiary/aromatic N) is 2. The molecule has 0 amide bonds. The minimum Gasteiger partial charge on any atom is -1.00 e. The Labute approximate surface area is 150 Å². The fraction of sp³-hybridized carbons (Fsp3) is 0.333. The molecule has 2 aromatic rings. The average Bonchev–Trinajstić information content (AvgIpc) is 2.40. The van der Waals surface area contributed by atoms with Crippen LogP contribution in [0.25, 0.3) is 11.1 Å². The van der Waals surface area contributed by atoms with Crippen molar-refractivity contribution in [2.45, 2.75) is 31.8 Å². The Hall–Kier alpha value is -0.260. The Bertz CT molecular complexity index is 496. The van der Waals surface area contributed by atoms with E-state index in [0.29, 0.717) is 4.95 Å². The van der Waals surface area contributed by atoms with E-state index >= 15 is 0 Å². The summed E-state index contributed by atoms with van der Waals surface area (Å²) in [5.41, 5.74) is 2.51. The number of aryl methyl sites for hydroxylation is 1. The van der Waals surface area contributed by atoms with Crippen LogP contribution in [0.1, 0.15) is 25.2 Å². The maximum Gasteiger partial charge on any atom is 0.209 e. The van der Waals surface area contributed by atoms with Gasteiger partial charge in [-0.1, -0.05) is 6.92 Å². The van der Waals surface area contributed by atoms with Crippen LogP contribution in [0.4, 0.5) is 0 Å². The molecule has 2 nitrogen and oxygen atoms in total. The van der Waals surface area contributed by atoms with Gasteiger partial charge in [0.15, 0.2) is 24.8 Å². The summed E-state index contributed by atoms with van der Waals surface area (Å²) in [5.74, 6) is 0. The third-order valence-corrected chi connectivity index (χ3v) is 3.44. The normalized spacial score (nSPS) is 11.2. The monoisotopic (exact) mass is 464 g/mol. The highest BCUT2D eigenvalue weighted by Gasteiger charge is 2.08. The number of rotatable bonds is 4. The summed E-state index contributed by atoms with van der Waals surface area (Å²) in [4.78, 5) is 0.328. The average molecular weight is 467 g/mol. The summed E-state index contributed by atoms with van der Waals surface area (Å²) < 4.78 is 4.34. The highest BCUT2D eigenvalue weighted by Crippen LogP contribution is 2.16. The number of alkyl halides is 1.